The molecule has 0 unspecified atom stereocenters. The van der Waals surface area contributed by atoms with Gasteiger partial charge in [0.15, 0.2) is 0 Å². The second-order valence-electron chi connectivity index (χ2n) is 5.79. The minimum absolute atomic E-state index is 0.0840. The highest BCUT2D eigenvalue weighted by molar-refractivity contribution is 7.89. The van der Waals surface area contributed by atoms with E-state index in [1.165, 1.54) is 0 Å². The Morgan fingerprint density at radius 3 is 2.50 bits per heavy atom. The van der Waals surface area contributed by atoms with Gasteiger partial charge in [0, 0.05) is 6.42 Å². The number of benzene rings is 1. The lowest BCUT2D eigenvalue weighted by atomic mass is 10.1. The van der Waals surface area contributed by atoms with Crippen LogP contribution in [0.25, 0.3) is 0 Å². The zero-order chi connectivity index (χ0) is 16.2. The lowest BCUT2D eigenvalue weighted by Gasteiger charge is -2.17. The van der Waals surface area contributed by atoms with Gasteiger partial charge in [-0.05, 0) is 30.2 Å². The molecule has 118 valence electrons. The Kier molecular flexibility index (Phi) is 4.84. The van der Waals surface area contributed by atoms with Gasteiger partial charge < -0.3 is 5.11 Å². The van der Waals surface area contributed by atoms with Crippen LogP contribution in [0.2, 0.25) is 0 Å². The molecule has 0 bridgehead atoms. The maximum atomic E-state index is 12.2. The summed E-state index contributed by atoms with van der Waals surface area (Å²) >= 11 is 0. The number of carbonyl (C=O) groups is 1. The molecule has 0 radical (unpaired) electrons. The van der Waals surface area contributed by atoms with Crippen LogP contribution >= 0.6 is 0 Å². The van der Waals surface area contributed by atoms with Crippen molar-refractivity contribution in [3.8, 4) is 6.07 Å². The van der Waals surface area contributed by atoms with E-state index in [1.54, 1.807) is 24.3 Å². The monoisotopic (exact) mass is 322 g/mol. The van der Waals surface area contributed by atoms with Crippen molar-refractivity contribution in [1.82, 2.24) is 4.72 Å². The van der Waals surface area contributed by atoms with Crippen molar-refractivity contribution in [1.29, 1.82) is 5.26 Å². The van der Waals surface area contributed by atoms with E-state index >= 15 is 0 Å². The summed E-state index contributed by atoms with van der Waals surface area (Å²) in [4.78, 5) is 11.3. The van der Waals surface area contributed by atoms with E-state index in [1.807, 2.05) is 12.1 Å². The van der Waals surface area contributed by atoms with Gasteiger partial charge in [0.25, 0.3) is 0 Å². The Balaban J connectivity index is 2.04. The summed E-state index contributed by atoms with van der Waals surface area (Å²) < 4.78 is 26.6. The molecule has 1 aliphatic carbocycles. The molecule has 0 aliphatic heterocycles. The minimum Gasteiger partial charge on any atom is -0.480 e. The Morgan fingerprint density at radius 1 is 1.36 bits per heavy atom. The summed E-state index contributed by atoms with van der Waals surface area (Å²) in [7, 11) is -3.75. The van der Waals surface area contributed by atoms with Crippen LogP contribution in [0, 0.1) is 16.7 Å². The fourth-order valence-electron chi connectivity index (χ4n) is 2.41. The molecule has 0 saturated heterocycles. The van der Waals surface area contributed by atoms with Crippen molar-refractivity contribution in [3.05, 3.63) is 35.9 Å². The third-order valence-electron chi connectivity index (χ3n) is 3.81. The molecule has 2 N–H and O–H groups in total. The van der Waals surface area contributed by atoms with E-state index in [-0.39, 0.29) is 18.6 Å². The van der Waals surface area contributed by atoms with E-state index in [0.29, 0.717) is 12.8 Å². The normalized spacial score (nSPS) is 17.4. The van der Waals surface area contributed by atoms with Crippen LogP contribution in [0.1, 0.15) is 24.8 Å². The Bertz CT molecular complexity index is 675. The van der Waals surface area contributed by atoms with Gasteiger partial charge in [-0.1, -0.05) is 30.3 Å². The van der Waals surface area contributed by atoms with Crippen molar-refractivity contribution in [2.24, 2.45) is 5.41 Å². The van der Waals surface area contributed by atoms with Crippen molar-refractivity contribution >= 4 is 16.0 Å². The van der Waals surface area contributed by atoms with Crippen molar-refractivity contribution in [2.75, 3.05) is 5.75 Å². The lowest BCUT2D eigenvalue weighted by molar-refractivity contribution is -0.138. The Morgan fingerprint density at radius 2 is 2.00 bits per heavy atom. The molecule has 0 spiro atoms. The van der Waals surface area contributed by atoms with Gasteiger partial charge in [0.05, 0.1) is 11.8 Å². The highest BCUT2D eigenvalue weighted by atomic mass is 32.2. The van der Waals surface area contributed by atoms with Crippen LogP contribution < -0.4 is 4.72 Å². The fourth-order valence-corrected chi connectivity index (χ4v) is 4.31. The average molecular weight is 322 g/mol. The minimum atomic E-state index is -3.75. The number of hydrogen-bond acceptors (Lipinski definition) is 4. The van der Waals surface area contributed by atoms with Crippen LogP contribution in [0.15, 0.2) is 30.3 Å². The fraction of sp³-hybridized carbons (Fsp3) is 0.467. The second kappa shape index (κ2) is 6.46. The first kappa shape index (κ1) is 16.5. The summed E-state index contributed by atoms with van der Waals surface area (Å²) in [6.07, 6.45) is 1.65. The largest absolute Gasteiger partial charge is 0.480 e. The topological polar surface area (TPSA) is 107 Å². The van der Waals surface area contributed by atoms with E-state index in [4.69, 9.17) is 5.26 Å². The molecule has 1 saturated carbocycles. The first-order chi connectivity index (χ1) is 10.4. The van der Waals surface area contributed by atoms with Crippen LogP contribution in [0.4, 0.5) is 0 Å². The van der Waals surface area contributed by atoms with Crippen LogP contribution in [0.3, 0.4) is 0 Å². The van der Waals surface area contributed by atoms with Gasteiger partial charge in [0.2, 0.25) is 10.0 Å². The maximum Gasteiger partial charge on any atom is 0.322 e. The summed E-state index contributed by atoms with van der Waals surface area (Å²) in [6.45, 7) is 0. The molecule has 1 atom stereocenters. The molecular weight excluding hydrogens is 304 g/mol. The predicted molar refractivity (Wildman–Crippen MR) is 80.4 cm³/mol. The number of aliphatic carboxylic acids is 1. The number of carboxylic acid groups (broad SMARTS) is 1. The number of nitrogens with zero attached hydrogens (tertiary/aromatic N) is 1. The predicted octanol–water partition coefficient (Wildman–Crippen LogP) is 1.30. The standard InChI is InChI=1S/C15H18N2O4S/c16-9-8-15(6-7-15)11-22(20,21)17-13(14(18)19)10-12-4-2-1-3-5-12/h1-5,13,17H,6-8,10-11H2,(H,18,19)/t13-/m0/s1. The SMILES string of the molecule is N#CCC1(CS(=O)(=O)N[C@@H](Cc2ccccc2)C(=O)O)CC1. The quantitative estimate of drug-likeness (QED) is 0.750. The first-order valence-corrected chi connectivity index (χ1v) is 8.65. The summed E-state index contributed by atoms with van der Waals surface area (Å²) in [5.41, 5.74) is 0.256. The molecule has 1 aliphatic rings. The van der Waals surface area contributed by atoms with Gasteiger partial charge in [-0.2, -0.15) is 5.26 Å². The van der Waals surface area contributed by atoms with Gasteiger partial charge in [-0.25, -0.2) is 13.1 Å². The molecule has 22 heavy (non-hydrogen) atoms. The van der Waals surface area contributed by atoms with Crippen molar-refractivity contribution in [2.45, 2.75) is 31.7 Å². The number of nitrogens with one attached hydrogen (secondary N) is 1. The number of nitriles is 1. The highest BCUT2D eigenvalue weighted by Gasteiger charge is 2.46. The molecule has 6 nitrogen and oxygen atoms in total. The van der Waals surface area contributed by atoms with Gasteiger partial charge in [-0.15, -0.1) is 0 Å². The van der Waals surface area contributed by atoms with Crippen molar-refractivity contribution < 1.29 is 18.3 Å². The average Bonchev–Trinajstić information content (AvgIpc) is 3.17. The zero-order valence-electron chi connectivity index (χ0n) is 12.0. The number of rotatable bonds is 8. The summed E-state index contributed by atoms with van der Waals surface area (Å²) in [5.74, 6) is -1.40. The van der Waals surface area contributed by atoms with Crippen molar-refractivity contribution in [3.63, 3.8) is 0 Å². The number of sulfonamides is 1. The molecule has 1 fully saturated rings. The number of carboxylic acids is 1. The third-order valence-corrected chi connectivity index (χ3v) is 5.45. The molecule has 2 rings (SSSR count). The van der Waals surface area contributed by atoms with Crippen LogP contribution in [0.5, 0.6) is 0 Å². The van der Waals surface area contributed by atoms with Crippen LogP contribution in [-0.2, 0) is 21.2 Å². The van der Waals surface area contributed by atoms with E-state index in [9.17, 15) is 18.3 Å². The van der Waals surface area contributed by atoms with Gasteiger partial charge in [0.1, 0.15) is 6.04 Å². The highest BCUT2D eigenvalue weighted by Crippen LogP contribution is 2.49. The van der Waals surface area contributed by atoms with E-state index < -0.39 is 27.4 Å². The molecule has 7 heteroatoms. The molecule has 1 aromatic carbocycles. The third kappa shape index (κ3) is 4.55. The lowest BCUT2D eigenvalue weighted by Crippen LogP contribution is -2.44. The maximum absolute atomic E-state index is 12.2. The van der Waals surface area contributed by atoms with E-state index in [0.717, 1.165) is 5.56 Å². The zero-order valence-corrected chi connectivity index (χ0v) is 12.8. The smallest absolute Gasteiger partial charge is 0.322 e. The molecule has 1 aromatic rings. The number of hydrogen-bond donors (Lipinski definition) is 2. The molecule has 0 amide bonds. The first-order valence-electron chi connectivity index (χ1n) is 7.00. The summed E-state index contributed by atoms with van der Waals surface area (Å²) in [6, 6.07) is 9.65. The van der Waals surface area contributed by atoms with E-state index in [2.05, 4.69) is 4.72 Å². The molecule has 0 heterocycles. The van der Waals surface area contributed by atoms with Crippen LogP contribution in [-0.4, -0.2) is 31.3 Å². The summed E-state index contributed by atoms with van der Waals surface area (Å²) in [5, 5.41) is 18.0. The van der Waals surface area contributed by atoms with Gasteiger partial charge in [-0.3, -0.25) is 4.79 Å². The molecular formula is C15H18N2O4S. The Hall–Kier alpha value is -1.91. The Labute approximate surface area is 129 Å². The molecule has 0 aromatic heterocycles. The van der Waals surface area contributed by atoms with Gasteiger partial charge >= 0.3 is 5.97 Å². The second-order valence-corrected chi connectivity index (χ2v) is 7.55.